The van der Waals surface area contributed by atoms with E-state index in [4.69, 9.17) is 17.0 Å². The van der Waals surface area contributed by atoms with Crippen LogP contribution in [-0.2, 0) is 0 Å². The highest BCUT2D eigenvalue weighted by atomic mass is 79.9. The molecular weight excluding hydrogens is 386 g/mol. The minimum atomic E-state index is -0.118. The molecule has 3 N–H and O–H groups in total. The van der Waals surface area contributed by atoms with Gasteiger partial charge in [0.2, 0.25) is 0 Å². The molecule has 3 rings (SSSR count). The maximum Gasteiger partial charge on any atom is 0.267 e. The Kier molecular flexibility index (Phi) is 4.08. The molecule has 0 unspecified atom stereocenters. The summed E-state index contributed by atoms with van der Waals surface area (Å²) in [5, 5.41) is 12.8. The van der Waals surface area contributed by atoms with Crippen molar-refractivity contribution in [3.05, 3.63) is 61.3 Å². The van der Waals surface area contributed by atoms with Crippen molar-refractivity contribution >= 4 is 60.5 Å². The van der Waals surface area contributed by atoms with Crippen LogP contribution in [0.3, 0.4) is 0 Å². The van der Waals surface area contributed by atoms with Crippen LogP contribution in [-0.4, -0.2) is 17.1 Å². The lowest BCUT2D eigenvalue weighted by Gasteiger charge is -2.11. The molecule has 0 atom stereocenters. The van der Waals surface area contributed by atoms with Gasteiger partial charge in [-0.05, 0) is 46.3 Å². The lowest BCUT2D eigenvalue weighted by molar-refractivity contribution is 1.43. The van der Waals surface area contributed by atoms with Gasteiger partial charge in [0.15, 0.2) is 0 Å². The normalized spacial score (nSPS) is 10.9. The van der Waals surface area contributed by atoms with Gasteiger partial charge in [-0.15, -0.1) is 0 Å². The zero-order valence-electron chi connectivity index (χ0n) is 11.5. The van der Waals surface area contributed by atoms with E-state index in [9.17, 15) is 4.79 Å². The van der Waals surface area contributed by atoms with Crippen molar-refractivity contribution in [2.24, 2.45) is 0 Å². The molecule has 0 fully saturated rings. The number of fused-ring (bicyclic) bond motifs is 1. The molecule has 7 heteroatoms. The molecular formula is C15H11BrClN3OS. The monoisotopic (exact) mass is 395 g/mol. The van der Waals surface area contributed by atoms with Gasteiger partial charge in [-0.1, -0.05) is 23.1 Å². The first-order valence-corrected chi connectivity index (χ1v) is 8.37. The summed E-state index contributed by atoms with van der Waals surface area (Å²) in [6.45, 7) is 0. The Morgan fingerprint density at radius 1 is 1.36 bits per heavy atom. The maximum absolute atomic E-state index is 11.7. The lowest BCUT2D eigenvalue weighted by Crippen LogP contribution is -2.06. The summed E-state index contributed by atoms with van der Waals surface area (Å²) in [4.78, 5) is 11.7. The van der Waals surface area contributed by atoms with Crippen molar-refractivity contribution < 1.29 is 0 Å². The number of hydrogen-bond donors (Lipinski definition) is 3. The molecule has 0 bridgehead atoms. The lowest BCUT2D eigenvalue weighted by atomic mass is 10.00. The Hall–Kier alpha value is -1.63. The van der Waals surface area contributed by atoms with E-state index in [0.717, 1.165) is 21.5 Å². The highest BCUT2D eigenvalue weighted by Crippen LogP contribution is 2.29. The summed E-state index contributed by atoms with van der Waals surface area (Å²) in [6, 6.07) is 9.00. The average molecular weight is 397 g/mol. The quantitative estimate of drug-likeness (QED) is 0.572. The van der Waals surface area contributed by atoms with E-state index in [1.807, 2.05) is 12.1 Å². The maximum atomic E-state index is 11.7. The largest absolute Gasteiger partial charge is 0.388 e. The first-order valence-electron chi connectivity index (χ1n) is 6.38. The van der Waals surface area contributed by atoms with Gasteiger partial charge >= 0.3 is 0 Å². The van der Waals surface area contributed by atoms with Gasteiger partial charge in [0.05, 0.1) is 15.8 Å². The summed E-state index contributed by atoms with van der Waals surface area (Å²) in [6.07, 6.45) is 0. The molecule has 2 aromatic carbocycles. The van der Waals surface area contributed by atoms with Crippen LogP contribution in [0.5, 0.6) is 0 Å². The van der Waals surface area contributed by atoms with Crippen molar-refractivity contribution in [3.63, 3.8) is 0 Å². The average Bonchev–Trinajstić information content (AvgIpc) is 2.88. The van der Waals surface area contributed by atoms with Gasteiger partial charge in [-0.2, -0.15) is 0 Å². The number of aromatic amines is 1. The first kappa shape index (κ1) is 15.3. The first-order chi connectivity index (χ1) is 10.5. The number of nitrogens with one attached hydrogen (secondary N) is 3. The highest BCUT2D eigenvalue weighted by Gasteiger charge is 2.14. The van der Waals surface area contributed by atoms with Crippen molar-refractivity contribution in [2.75, 3.05) is 12.4 Å². The third kappa shape index (κ3) is 2.58. The fraction of sp³-hybridized carbons (Fsp3) is 0.0667. The van der Waals surface area contributed by atoms with Crippen LogP contribution in [0.15, 0.2) is 39.6 Å². The van der Waals surface area contributed by atoms with Crippen molar-refractivity contribution in [3.8, 4) is 0 Å². The van der Waals surface area contributed by atoms with Gasteiger partial charge in [-0.25, -0.2) is 0 Å². The molecule has 0 radical (unpaired) electrons. The predicted molar refractivity (Wildman–Crippen MR) is 97.1 cm³/mol. The van der Waals surface area contributed by atoms with E-state index in [-0.39, 0.29) is 5.56 Å². The second kappa shape index (κ2) is 5.87. The van der Waals surface area contributed by atoms with Crippen LogP contribution in [0.1, 0.15) is 11.1 Å². The summed E-state index contributed by atoms with van der Waals surface area (Å²) in [5.41, 5.74) is 2.52. The SMILES string of the molecule is CNc1cc(Cl)ccc1C(=N)c1cc(Br)c2c(=O)[nH]sc2c1. The minimum Gasteiger partial charge on any atom is -0.388 e. The molecule has 22 heavy (non-hydrogen) atoms. The van der Waals surface area contributed by atoms with E-state index < -0.39 is 0 Å². The Balaban J connectivity index is 2.15. The Morgan fingerprint density at radius 2 is 2.14 bits per heavy atom. The fourth-order valence-corrected chi connectivity index (χ4v) is 4.01. The molecule has 4 nitrogen and oxygen atoms in total. The van der Waals surface area contributed by atoms with Crippen LogP contribution >= 0.6 is 39.1 Å². The Labute approximate surface area is 143 Å². The third-order valence-corrected chi connectivity index (χ3v) is 5.03. The van der Waals surface area contributed by atoms with Gasteiger partial charge in [0.1, 0.15) is 0 Å². The summed E-state index contributed by atoms with van der Waals surface area (Å²) in [7, 11) is 1.79. The molecule has 0 aliphatic carbocycles. The van der Waals surface area contributed by atoms with Crippen LogP contribution in [0.25, 0.3) is 10.1 Å². The standard InChI is InChI=1S/C15H11BrClN3OS/c1-19-11-6-8(17)2-3-9(11)14(18)7-4-10(16)13-12(5-7)22-20-15(13)21/h2-6,18-19H,1H3,(H,20,21). The zero-order chi connectivity index (χ0) is 15.9. The van der Waals surface area contributed by atoms with Crippen molar-refractivity contribution in [2.45, 2.75) is 0 Å². The Bertz CT molecular complexity index is 948. The number of hydrogen-bond acceptors (Lipinski definition) is 4. The summed E-state index contributed by atoms with van der Waals surface area (Å²) >= 11 is 10.7. The van der Waals surface area contributed by atoms with Gasteiger partial charge < -0.3 is 5.32 Å². The third-order valence-electron chi connectivity index (χ3n) is 3.34. The molecule has 0 spiro atoms. The van der Waals surface area contributed by atoms with Crippen LogP contribution in [0, 0.1) is 5.41 Å². The second-order valence-electron chi connectivity index (χ2n) is 4.68. The predicted octanol–water partition coefficient (Wildman–Crippen LogP) is 4.46. The number of halogens is 2. The minimum absolute atomic E-state index is 0.118. The van der Waals surface area contributed by atoms with Crippen LogP contribution < -0.4 is 10.9 Å². The molecule has 0 saturated heterocycles. The number of anilines is 1. The van der Waals surface area contributed by atoms with Gasteiger partial charge in [-0.3, -0.25) is 14.6 Å². The Morgan fingerprint density at radius 3 is 2.86 bits per heavy atom. The molecule has 0 aliphatic heterocycles. The highest BCUT2D eigenvalue weighted by molar-refractivity contribution is 9.10. The second-order valence-corrected chi connectivity index (χ2v) is 6.82. The van der Waals surface area contributed by atoms with Crippen LogP contribution in [0.2, 0.25) is 5.02 Å². The van der Waals surface area contributed by atoms with E-state index in [1.165, 1.54) is 11.5 Å². The van der Waals surface area contributed by atoms with E-state index in [1.54, 1.807) is 25.2 Å². The van der Waals surface area contributed by atoms with Crippen molar-refractivity contribution in [1.29, 1.82) is 5.41 Å². The molecule has 1 heterocycles. The smallest absolute Gasteiger partial charge is 0.267 e. The van der Waals surface area contributed by atoms with E-state index in [2.05, 4.69) is 25.6 Å². The topological polar surface area (TPSA) is 68.7 Å². The molecule has 1 aromatic heterocycles. The fourth-order valence-electron chi connectivity index (χ4n) is 2.28. The molecule has 3 aromatic rings. The molecule has 0 amide bonds. The summed E-state index contributed by atoms with van der Waals surface area (Å²) < 4.78 is 4.22. The number of benzene rings is 2. The van der Waals surface area contributed by atoms with E-state index in [0.29, 0.717) is 20.6 Å². The summed E-state index contributed by atoms with van der Waals surface area (Å²) in [5.74, 6) is 0. The van der Waals surface area contributed by atoms with Crippen molar-refractivity contribution in [1.82, 2.24) is 4.37 Å². The number of H-pyrrole nitrogens is 1. The number of aromatic nitrogens is 1. The van der Waals surface area contributed by atoms with E-state index >= 15 is 0 Å². The van der Waals surface area contributed by atoms with Gasteiger partial charge in [0.25, 0.3) is 5.56 Å². The van der Waals surface area contributed by atoms with Crippen LogP contribution in [0.4, 0.5) is 5.69 Å². The zero-order valence-corrected chi connectivity index (χ0v) is 14.6. The molecule has 0 aliphatic rings. The van der Waals surface area contributed by atoms with Gasteiger partial charge in [0, 0.05) is 33.4 Å². The molecule has 0 saturated carbocycles. The number of rotatable bonds is 3. The molecule has 112 valence electrons.